The van der Waals surface area contributed by atoms with E-state index in [0.29, 0.717) is 11.4 Å². The molecule has 2 saturated carbocycles. The number of methoxy groups -OCH3 is 1. The van der Waals surface area contributed by atoms with Gasteiger partial charge in [0.1, 0.15) is 0 Å². The van der Waals surface area contributed by atoms with Gasteiger partial charge in [0.25, 0.3) is 0 Å². The fourth-order valence-electron chi connectivity index (χ4n) is 7.23. The van der Waals surface area contributed by atoms with E-state index in [1.807, 2.05) is 43.3 Å². The van der Waals surface area contributed by atoms with Crippen molar-refractivity contribution in [2.75, 3.05) is 12.0 Å². The Kier molecular flexibility index (Phi) is 4.76. The Morgan fingerprint density at radius 3 is 2.47 bits per heavy atom. The Labute approximate surface area is 215 Å². The molecule has 36 heavy (non-hydrogen) atoms. The van der Waals surface area contributed by atoms with Crippen LogP contribution in [0.15, 0.2) is 52.3 Å². The topological polar surface area (TPSA) is 99.7 Å². The number of carbonyl (C=O) groups is 2. The summed E-state index contributed by atoms with van der Waals surface area (Å²) in [5.74, 6) is -0.313. The zero-order valence-corrected chi connectivity index (χ0v) is 21.3. The fourth-order valence-corrected chi connectivity index (χ4v) is 10.1. The molecule has 3 heterocycles. The summed E-state index contributed by atoms with van der Waals surface area (Å²) in [5, 5.41) is 11.2. The minimum absolute atomic E-state index is 0.0412. The lowest BCUT2D eigenvalue weighted by Crippen LogP contribution is -2.42. The van der Waals surface area contributed by atoms with Gasteiger partial charge in [0.15, 0.2) is 11.5 Å². The van der Waals surface area contributed by atoms with Crippen LogP contribution < -0.4 is 14.5 Å². The first kappa shape index (κ1) is 22.2. The van der Waals surface area contributed by atoms with E-state index in [1.54, 1.807) is 17.8 Å². The first-order valence-corrected chi connectivity index (χ1v) is 13.8. The molecule has 2 aliphatic heterocycles. The highest BCUT2D eigenvalue weighted by molar-refractivity contribution is 8.00. The number of amides is 2. The average Bonchev–Trinajstić information content (AvgIpc) is 3.59. The monoisotopic (exact) mass is 520 g/mol. The van der Waals surface area contributed by atoms with E-state index >= 15 is 0 Å². The van der Waals surface area contributed by atoms with E-state index in [0.717, 1.165) is 27.5 Å². The summed E-state index contributed by atoms with van der Waals surface area (Å²) in [5.41, 5.74) is 2.67. The number of nitrogens with zero attached hydrogens (tertiary/aromatic N) is 1. The number of H-pyrrole nitrogens is 1. The predicted molar refractivity (Wildman–Crippen MR) is 137 cm³/mol. The van der Waals surface area contributed by atoms with E-state index in [4.69, 9.17) is 4.74 Å². The van der Waals surface area contributed by atoms with Crippen LogP contribution in [0.4, 0.5) is 5.69 Å². The molecule has 3 aromatic rings. The maximum absolute atomic E-state index is 13.8. The minimum atomic E-state index is -0.343. The molecule has 2 aliphatic carbocycles. The van der Waals surface area contributed by atoms with E-state index in [1.165, 1.54) is 23.3 Å². The third kappa shape index (κ3) is 2.90. The Morgan fingerprint density at radius 1 is 1.03 bits per heavy atom. The number of aromatic amines is 1. The van der Waals surface area contributed by atoms with Gasteiger partial charge in [-0.1, -0.05) is 35.1 Å². The van der Waals surface area contributed by atoms with Gasteiger partial charge in [-0.2, -0.15) is 0 Å². The molecule has 2 bridgehead atoms. The fraction of sp³-hybridized carbons (Fsp3) is 0.370. The number of phenolic OH excluding ortho intramolecular Hbond substituents is 1. The Bertz CT molecular complexity index is 1480. The van der Waals surface area contributed by atoms with Gasteiger partial charge in [-0.3, -0.25) is 19.3 Å². The number of fused-ring (bicyclic) bond motifs is 9. The van der Waals surface area contributed by atoms with E-state index in [2.05, 4.69) is 4.98 Å². The molecular weight excluding hydrogens is 496 g/mol. The van der Waals surface area contributed by atoms with E-state index < -0.39 is 0 Å². The predicted octanol–water partition coefficient (Wildman–Crippen LogP) is 4.14. The van der Waals surface area contributed by atoms with Crippen molar-refractivity contribution in [2.24, 2.45) is 29.6 Å². The van der Waals surface area contributed by atoms with Crippen LogP contribution in [0, 0.1) is 36.5 Å². The minimum Gasteiger partial charge on any atom is -0.504 e. The number of imide groups is 1. The number of aromatic nitrogens is 1. The van der Waals surface area contributed by atoms with Crippen LogP contribution >= 0.6 is 23.1 Å². The molecule has 2 aromatic carbocycles. The smallest absolute Gasteiger partial charge is 0.305 e. The molecule has 1 aromatic heterocycles. The SMILES string of the molecule is COc1cc([C@@H]2c3sc(=O)[nH]c3S[C@@H]3[C@H]4C[C@H]([C@@H]5C(=O)N(c6ccc(C)cc6)C(=O)[C@@H]45)[C@@H]23)ccc1O. The van der Waals surface area contributed by atoms with Crippen LogP contribution in [0.2, 0.25) is 0 Å². The largest absolute Gasteiger partial charge is 0.504 e. The quantitative estimate of drug-likeness (QED) is 0.504. The number of rotatable bonds is 3. The molecule has 7 atom stereocenters. The van der Waals surface area contributed by atoms with E-state index in [-0.39, 0.29) is 63.2 Å². The van der Waals surface area contributed by atoms with Crippen molar-refractivity contribution in [2.45, 2.75) is 29.5 Å². The molecule has 0 radical (unpaired) electrons. The second-order valence-corrected chi connectivity index (χ2v) is 12.4. The Balaban J connectivity index is 1.33. The summed E-state index contributed by atoms with van der Waals surface area (Å²) < 4.78 is 5.39. The van der Waals surface area contributed by atoms with Crippen molar-refractivity contribution in [3.63, 3.8) is 0 Å². The molecule has 0 unspecified atom stereocenters. The van der Waals surface area contributed by atoms with E-state index in [9.17, 15) is 19.5 Å². The summed E-state index contributed by atoms with van der Waals surface area (Å²) in [7, 11) is 1.52. The number of carbonyl (C=O) groups excluding carboxylic acids is 2. The van der Waals surface area contributed by atoms with Crippen molar-refractivity contribution in [1.82, 2.24) is 4.98 Å². The summed E-state index contributed by atoms with van der Waals surface area (Å²) >= 11 is 2.88. The number of thioether (sulfide) groups is 1. The van der Waals surface area contributed by atoms with Crippen LogP contribution in [0.3, 0.4) is 0 Å². The number of phenols is 1. The summed E-state index contributed by atoms with van der Waals surface area (Å²) in [4.78, 5) is 45.1. The third-order valence-electron chi connectivity index (χ3n) is 8.58. The highest BCUT2D eigenvalue weighted by Gasteiger charge is 2.69. The average molecular weight is 521 g/mol. The maximum atomic E-state index is 13.8. The number of hydrogen-bond donors (Lipinski definition) is 2. The van der Waals surface area contributed by atoms with Crippen molar-refractivity contribution in [3.8, 4) is 11.5 Å². The molecule has 9 heteroatoms. The van der Waals surface area contributed by atoms with Crippen molar-refractivity contribution in [1.29, 1.82) is 0 Å². The molecule has 0 spiro atoms. The van der Waals surface area contributed by atoms with Crippen LogP contribution in [0.5, 0.6) is 11.5 Å². The molecule has 2 amide bonds. The number of nitrogens with one attached hydrogen (secondary N) is 1. The Morgan fingerprint density at radius 2 is 1.75 bits per heavy atom. The normalized spacial score (nSPS) is 31.9. The number of aromatic hydroxyl groups is 1. The van der Waals surface area contributed by atoms with Gasteiger partial charge < -0.3 is 14.8 Å². The lowest BCUT2D eigenvalue weighted by Gasteiger charge is -2.43. The van der Waals surface area contributed by atoms with Crippen LogP contribution in [0.1, 0.15) is 28.3 Å². The number of aryl methyl sites for hydroxylation is 1. The van der Waals surface area contributed by atoms with Gasteiger partial charge in [0.2, 0.25) is 11.8 Å². The zero-order valence-electron chi connectivity index (χ0n) is 19.6. The van der Waals surface area contributed by atoms with Crippen LogP contribution in [-0.2, 0) is 9.59 Å². The van der Waals surface area contributed by atoms with Gasteiger partial charge in [-0.25, -0.2) is 0 Å². The van der Waals surface area contributed by atoms with Crippen LogP contribution in [-0.4, -0.2) is 34.3 Å². The van der Waals surface area contributed by atoms with Crippen molar-refractivity contribution < 1.29 is 19.4 Å². The molecule has 7 nitrogen and oxygen atoms in total. The lowest BCUT2D eigenvalue weighted by atomic mass is 9.68. The molecule has 3 fully saturated rings. The van der Waals surface area contributed by atoms with Crippen molar-refractivity contribution >= 4 is 40.6 Å². The highest BCUT2D eigenvalue weighted by Crippen LogP contribution is 2.68. The summed E-state index contributed by atoms with van der Waals surface area (Å²) in [6.07, 6.45) is 0.835. The number of thiazole rings is 1. The molecule has 184 valence electrons. The number of hydrogen-bond acceptors (Lipinski definition) is 7. The number of ether oxygens (including phenoxy) is 1. The van der Waals surface area contributed by atoms with Crippen molar-refractivity contribution in [3.05, 3.63) is 68.1 Å². The summed E-state index contributed by atoms with van der Waals surface area (Å²) in [6, 6.07) is 12.9. The summed E-state index contributed by atoms with van der Waals surface area (Å²) in [6.45, 7) is 1.98. The molecule has 2 N–H and O–H groups in total. The Hall–Kier alpha value is -3.04. The second-order valence-electron chi connectivity index (χ2n) is 10.2. The first-order valence-electron chi connectivity index (χ1n) is 12.1. The second kappa shape index (κ2) is 7.73. The van der Waals surface area contributed by atoms with Gasteiger partial charge in [-0.05, 0) is 60.9 Å². The van der Waals surface area contributed by atoms with Crippen LogP contribution in [0.25, 0.3) is 0 Å². The van der Waals surface area contributed by atoms with Gasteiger partial charge in [0, 0.05) is 16.0 Å². The van der Waals surface area contributed by atoms with Gasteiger partial charge in [0.05, 0.1) is 29.7 Å². The standard InChI is InChI=1S/C27H24N2O5S2/c1-11-3-6-13(7-4-11)29-25(31)20-14-10-15(21(20)26(29)32)22-19(14)18(23-24(35-22)28-27(33)36-23)12-5-8-16(30)17(9-12)34-2/h3-9,14-15,18-22,30H,10H2,1-2H3,(H,28,33)/t14-,15-,18-,19-,20-,21-,22+/m0/s1. The molecule has 7 rings (SSSR count). The molecular formula is C27H24N2O5S2. The van der Waals surface area contributed by atoms with Gasteiger partial charge in [-0.15, -0.1) is 11.8 Å². The number of benzene rings is 2. The maximum Gasteiger partial charge on any atom is 0.305 e. The molecule has 4 aliphatic rings. The first-order chi connectivity index (χ1) is 17.4. The highest BCUT2D eigenvalue weighted by atomic mass is 32.2. The number of anilines is 1. The zero-order chi connectivity index (χ0) is 24.9. The molecule has 1 saturated heterocycles. The third-order valence-corrected chi connectivity index (χ3v) is 11.2. The lowest BCUT2D eigenvalue weighted by molar-refractivity contribution is -0.123. The van der Waals surface area contributed by atoms with Gasteiger partial charge >= 0.3 is 4.87 Å².